The van der Waals surface area contributed by atoms with Crippen LogP contribution in [-0.4, -0.2) is 6.16 Å². The van der Waals surface area contributed by atoms with Crippen LogP contribution in [0.1, 0.15) is 26.2 Å². The summed E-state index contributed by atoms with van der Waals surface area (Å²) in [6.07, 6.45) is 4.49. The predicted octanol–water partition coefficient (Wildman–Crippen LogP) is 2.20. The molecule has 0 aliphatic rings. The SMILES string of the molecule is CCCCCP[O]. The fourth-order valence-corrected chi connectivity index (χ4v) is 0.842. The average Bonchev–Trinajstić information content (AvgIpc) is 1.69. The third-order valence-corrected chi connectivity index (χ3v) is 1.44. The van der Waals surface area contributed by atoms with E-state index in [4.69, 9.17) is 0 Å². The van der Waals surface area contributed by atoms with Crippen molar-refractivity contribution in [3.05, 3.63) is 0 Å². The molecule has 0 fully saturated rings. The highest BCUT2D eigenvalue weighted by Crippen LogP contribution is 2.07. The lowest BCUT2D eigenvalue weighted by atomic mass is 10.3. The zero-order valence-corrected chi connectivity index (χ0v) is 5.74. The molecular formula is C5H12OP. The summed E-state index contributed by atoms with van der Waals surface area (Å²) < 4.78 is 0. The first-order chi connectivity index (χ1) is 3.41. The molecule has 0 aliphatic carbocycles. The summed E-state index contributed by atoms with van der Waals surface area (Å²) in [7, 11) is -0.0824. The van der Waals surface area contributed by atoms with Crippen LogP contribution in [0.15, 0.2) is 0 Å². The molecule has 1 radical (unpaired) electrons. The Kier molecular flexibility index (Phi) is 6.75. The van der Waals surface area contributed by atoms with Gasteiger partial charge in [0.1, 0.15) is 0 Å². The van der Waals surface area contributed by atoms with E-state index in [1.54, 1.807) is 0 Å². The van der Waals surface area contributed by atoms with E-state index >= 15 is 0 Å². The molecule has 0 aromatic rings. The van der Waals surface area contributed by atoms with Crippen LogP contribution < -0.4 is 0 Å². The average molecular weight is 119 g/mol. The van der Waals surface area contributed by atoms with Crippen LogP contribution in [0.2, 0.25) is 0 Å². The van der Waals surface area contributed by atoms with Crippen molar-refractivity contribution in [1.29, 1.82) is 0 Å². The van der Waals surface area contributed by atoms with Crippen molar-refractivity contribution >= 4 is 8.81 Å². The minimum atomic E-state index is -0.0824. The third kappa shape index (κ3) is 6.39. The standard InChI is InChI=1S/C5H12OP/c1-2-3-4-5-7-6/h7H,2-5H2,1H3. The molecule has 1 atom stereocenters. The highest BCUT2D eigenvalue weighted by Gasteiger charge is 1.82. The van der Waals surface area contributed by atoms with E-state index in [2.05, 4.69) is 6.92 Å². The maximum atomic E-state index is 9.83. The Morgan fingerprint density at radius 1 is 1.43 bits per heavy atom. The predicted molar refractivity (Wildman–Crippen MR) is 33.4 cm³/mol. The molecule has 43 valence electrons. The first-order valence-electron chi connectivity index (χ1n) is 2.76. The second-order valence-corrected chi connectivity index (χ2v) is 2.39. The second kappa shape index (κ2) is 6.39. The van der Waals surface area contributed by atoms with Gasteiger partial charge in [-0.1, -0.05) is 19.8 Å². The van der Waals surface area contributed by atoms with Gasteiger partial charge in [0, 0.05) is 0 Å². The Bertz CT molecular complexity index is 27.3. The van der Waals surface area contributed by atoms with Crippen molar-refractivity contribution in [1.82, 2.24) is 0 Å². The highest BCUT2D eigenvalue weighted by molar-refractivity contribution is 7.30. The van der Waals surface area contributed by atoms with Gasteiger partial charge in [-0.05, 0) is 12.6 Å². The van der Waals surface area contributed by atoms with Crippen molar-refractivity contribution in [2.75, 3.05) is 6.16 Å². The summed E-state index contributed by atoms with van der Waals surface area (Å²) in [5.41, 5.74) is 0. The van der Waals surface area contributed by atoms with Gasteiger partial charge in [-0.3, -0.25) is 0 Å². The van der Waals surface area contributed by atoms with Gasteiger partial charge in [0.25, 0.3) is 0 Å². The van der Waals surface area contributed by atoms with E-state index in [0.29, 0.717) is 0 Å². The van der Waals surface area contributed by atoms with Crippen LogP contribution in [0.4, 0.5) is 0 Å². The molecule has 0 amide bonds. The Hall–Kier alpha value is 0.390. The third-order valence-electron chi connectivity index (χ3n) is 0.882. The summed E-state index contributed by atoms with van der Waals surface area (Å²) in [6.45, 7) is 2.15. The molecule has 0 bridgehead atoms. The molecule has 1 nitrogen and oxygen atoms in total. The van der Waals surface area contributed by atoms with Gasteiger partial charge in [0.2, 0.25) is 0 Å². The van der Waals surface area contributed by atoms with Crippen molar-refractivity contribution < 1.29 is 4.89 Å². The Balaban J connectivity index is 2.45. The molecule has 0 aromatic heterocycles. The van der Waals surface area contributed by atoms with Crippen LogP contribution in [0, 0.1) is 0 Å². The minimum Gasteiger partial charge on any atom is -0.216 e. The zero-order valence-electron chi connectivity index (χ0n) is 4.74. The summed E-state index contributed by atoms with van der Waals surface area (Å²) in [5.74, 6) is 0. The molecule has 0 heterocycles. The molecule has 0 spiro atoms. The summed E-state index contributed by atoms with van der Waals surface area (Å²) in [6, 6.07) is 0. The number of hydrogen-bond acceptors (Lipinski definition) is 0. The molecular weight excluding hydrogens is 107 g/mol. The maximum Gasteiger partial charge on any atom is 0.0569 e. The first-order valence-corrected chi connectivity index (χ1v) is 3.88. The lowest BCUT2D eigenvalue weighted by Gasteiger charge is -1.88. The molecule has 2 heteroatoms. The molecule has 0 saturated carbocycles. The molecule has 0 aliphatic heterocycles. The minimum absolute atomic E-state index is 0.0824. The van der Waals surface area contributed by atoms with E-state index < -0.39 is 0 Å². The van der Waals surface area contributed by atoms with Crippen molar-refractivity contribution in [2.45, 2.75) is 26.2 Å². The molecule has 0 aromatic carbocycles. The van der Waals surface area contributed by atoms with Crippen LogP contribution >= 0.6 is 8.81 Å². The lowest BCUT2D eigenvalue weighted by Crippen LogP contribution is -1.73. The van der Waals surface area contributed by atoms with Gasteiger partial charge in [0.15, 0.2) is 0 Å². The van der Waals surface area contributed by atoms with E-state index in [0.717, 1.165) is 12.6 Å². The maximum absolute atomic E-state index is 9.83. The quantitative estimate of drug-likeness (QED) is 0.399. The van der Waals surface area contributed by atoms with E-state index in [1.165, 1.54) is 12.8 Å². The first kappa shape index (κ1) is 7.39. The van der Waals surface area contributed by atoms with E-state index in [9.17, 15) is 4.89 Å². The molecule has 1 unspecified atom stereocenters. The topological polar surface area (TPSA) is 19.9 Å². The normalized spacial score (nSPS) is 11.1. The lowest BCUT2D eigenvalue weighted by molar-refractivity contribution is 0.512. The van der Waals surface area contributed by atoms with Crippen LogP contribution in [0.5, 0.6) is 0 Å². The fourth-order valence-electron chi connectivity index (χ4n) is 0.447. The van der Waals surface area contributed by atoms with Gasteiger partial charge in [-0.15, -0.1) is 0 Å². The van der Waals surface area contributed by atoms with Gasteiger partial charge in [-0.2, -0.15) is 0 Å². The van der Waals surface area contributed by atoms with Gasteiger partial charge >= 0.3 is 0 Å². The van der Waals surface area contributed by atoms with Crippen LogP contribution in [0.3, 0.4) is 0 Å². The summed E-state index contributed by atoms with van der Waals surface area (Å²) >= 11 is 0. The monoisotopic (exact) mass is 119 g/mol. The zero-order chi connectivity index (χ0) is 5.54. The van der Waals surface area contributed by atoms with Gasteiger partial charge in [0.05, 0.1) is 8.81 Å². The Morgan fingerprint density at radius 2 is 2.14 bits per heavy atom. The number of unbranched alkanes of at least 4 members (excludes halogenated alkanes) is 2. The van der Waals surface area contributed by atoms with E-state index in [-0.39, 0.29) is 8.81 Å². The summed E-state index contributed by atoms with van der Waals surface area (Å²) in [5, 5.41) is 0. The Morgan fingerprint density at radius 3 is 2.57 bits per heavy atom. The van der Waals surface area contributed by atoms with Crippen molar-refractivity contribution in [3.63, 3.8) is 0 Å². The molecule has 0 saturated heterocycles. The summed E-state index contributed by atoms with van der Waals surface area (Å²) in [4.78, 5) is 9.83. The Labute approximate surface area is 47.0 Å². The van der Waals surface area contributed by atoms with Crippen LogP contribution in [0.25, 0.3) is 0 Å². The molecule has 0 rings (SSSR count). The van der Waals surface area contributed by atoms with Crippen molar-refractivity contribution in [3.8, 4) is 0 Å². The van der Waals surface area contributed by atoms with E-state index in [1.807, 2.05) is 0 Å². The van der Waals surface area contributed by atoms with Crippen LogP contribution in [-0.2, 0) is 4.89 Å². The smallest absolute Gasteiger partial charge is 0.0569 e. The van der Waals surface area contributed by atoms with Gasteiger partial charge in [-0.25, -0.2) is 4.89 Å². The number of hydrogen-bond donors (Lipinski definition) is 0. The molecule has 0 N–H and O–H groups in total. The second-order valence-electron chi connectivity index (χ2n) is 1.60. The highest BCUT2D eigenvalue weighted by atomic mass is 31.1. The largest absolute Gasteiger partial charge is 0.216 e. The number of rotatable bonds is 4. The molecule has 7 heavy (non-hydrogen) atoms. The fraction of sp³-hybridized carbons (Fsp3) is 1.00. The van der Waals surface area contributed by atoms with Gasteiger partial charge < -0.3 is 0 Å². The van der Waals surface area contributed by atoms with Crippen molar-refractivity contribution in [2.24, 2.45) is 0 Å².